The van der Waals surface area contributed by atoms with Gasteiger partial charge in [-0.25, -0.2) is 0 Å². The number of aromatic hydroxyl groups is 1. The van der Waals surface area contributed by atoms with Crippen molar-refractivity contribution in [2.24, 2.45) is 0 Å². The van der Waals surface area contributed by atoms with E-state index in [0.29, 0.717) is 11.1 Å². The van der Waals surface area contributed by atoms with Crippen LogP contribution in [0, 0.1) is 18.3 Å². The number of fused-ring (bicyclic) bond motifs is 1. The van der Waals surface area contributed by atoms with Crippen molar-refractivity contribution in [1.82, 2.24) is 4.98 Å². The van der Waals surface area contributed by atoms with Crippen LogP contribution < -0.4 is 0 Å². The highest BCUT2D eigenvalue weighted by molar-refractivity contribution is 6.20. The first-order chi connectivity index (χ1) is 11.1. The predicted octanol–water partition coefficient (Wildman–Crippen LogP) is 3.97. The molecule has 1 heterocycles. The average molecular weight is 302 g/mol. The highest BCUT2D eigenvalue weighted by Crippen LogP contribution is 2.25. The molecule has 4 heteroatoms. The number of hydrogen-bond acceptors (Lipinski definition) is 3. The number of aromatic nitrogens is 1. The number of H-pyrrole nitrogens is 1. The van der Waals surface area contributed by atoms with Gasteiger partial charge in [-0.2, -0.15) is 5.26 Å². The predicted molar refractivity (Wildman–Crippen MR) is 89.1 cm³/mol. The van der Waals surface area contributed by atoms with Gasteiger partial charge < -0.3 is 10.1 Å². The molecule has 1 aromatic heterocycles. The van der Waals surface area contributed by atoms with E-state index < -0.39 is 0 Å². The number of ketones is 1. The van der Waals surface area contributed by atoms with Gasteiger partial charge in [0.15, 0.2) is 0 Å². The Morgan fingerprint density at radius 3 is 2.74 bits per heavy atom. The van der Waals surface area contributed by atoms with Crippen LogP contribution in [0.15, 0.2) is 54.1 Å². The second-order valence-electron chi connectivity index (χ2n) is 5.26. The lowest BCUT2D eigenvalue weighted by Crippen LogP contribution is -2.03. The second-order valence-corrected chi connectivity index (χ2v) is 5.26. The van der Waals surface area contributed by atoms with Gasteiger partial charge >= 0.3 is 0 Å². The molecule has 23 heavy (non-hydrogen) atoms. The van der Waals surface area contributed by atoms with Gasteiger partial charge in [-0.1, -0.05) is 30.3 Å². The van der Waals surface area contributed by atoms with Crippen LogP contribution in [-0.2, 0) is 0 Å². The van der Waals surface area contributed by atoms with Gasteiger partial charge in [-0.05, 0) is 36.8 Å². The smallest absolute Gasteiger partial charge is 0.205 e. The van der Waals surface area contributed by atoms with E-state index in [2.05, 4.69) is 4.98 Å². The molecule has 4 nitrogen and oxygen atoms in total. The number of aryl methyl sites for hydroxylation is 1. The maximum absolute atomic E-state index is 12.8. The minimum atomic E-state index is -0.328. The molecule has 0 aliphatic rings. The van der Waals surface area contributed by atoms with Crippen molar-refractivity contribution in [1.29, 1.82) is 5.26 Å². The van der Waals surface area contributed by atoms with Crippen LogP contribution in [-0.4, -0.2) is 15.9 Å². The van der Waals surface area contributed by atoms with Crippen molar-refractivity contribution >= 4 is 22.8 Å². The van der Waals surface area contributed by atoms with Gasteiger partial charge in [-0.15, -0.1) is 0 Å². The van der Waals surface area contributed by atoms with Crippen LogP contribution in [0.3, 0.4) is 0 Å². The van der Waals surface area contributed by atoms with E-state index in [9.17, 15) is 15.2 Å². The topological polar surface area (TPSA) is 76.9 Å². The van der Waals surface area contributed by atoms with Gasteiger partial charge in [0.2, 0.25) is 5.78 Å². The van der Waals surface area contributed by atoms with Crippen LogP contribution in [0.1, 0.15) is 21.6 Å². The highest BCUT2D eigenvalue weighted by atomic mass is 16.3. The first-order valence-corrected chi connectivity index (χ1v) is 7.13. The Morgan fingerprint density at radius 1 is 1.22 bits per heavy atom. The molecule has 0 unspecified atom stereocenters. The number of Topliss-reactive ketones (excluding diaryl/α,β-unsaturated/α-hetero) is 1. The maximum atomic E-state index is 12.8. The summed E-state index contributed by atoms with van der Waals surface area (Å²) in [6, 6.07) is 15.9. The third-order valence-corrected chi connectivity index (χ3v) is 3.67. The number of hydrogen-bond donors (Lipinski definition) is 2. The minimum absolute atomic E-state index is 0.0310. The maximum Gasteiger partial charge on any atom is 0.205 e. The number of aromatic amines is 1. The van der Waals surface area contributed by atoms with Crippen molar-refractivity contribution in [3.05, 3.63) is 70.9 Å². The highest BCUT2D eigenvalue weighted by Gasteiger charge is 2.19. The minimum Gasteiger partial charge on any atom is -0.508 e. The summed E-state index contributed by atoms with van der Waals surface area (Å²) in [5.74, 6) is -0.238. The van der Waals surface area contributed by atoms with Gasteiger partial charge in [0.1, 0.15) is 17.4 Å². The molecule has 0 amide bonds. The van der Waals surface area contributed by atoms with Crippen LogP contribution in [0.5, 0.6) is 5.75 Å². The van der Waals surface area contributed by atoms with E-state index in [1.165, 1.54) is 18.2 Å². The number of allylic oxidation sites excluding steroid dienone is 1. The Labute approximate surface area is 133 Å². The average Bonchev–Trinajstić information content (AvgIpc) is 2.87. The SMILES string of the molecule is Cc1[nH]c2ccccc2c1C(=O)C(C#N)=Cc1cccc(O)c1. The second kappa shape index (κ2) is 5.82. The number of nitriles is 1. The third kappa shape index (κ3) is 2.72. The van der Waals surface area contributed by atoms with Gasteiger partial charge in [0.25, 0.3) is 0 Å². The molecule has 0 spiro atoms. The fourth-order valence-corrected chi connectivity index (χ4v) is 2.63. The van der Waals surface area contributed by atoms with Crippen molar-refractivity contribution in [3.8, 4) is 11.8 Å². The standard InChI is InChI=1S/C19H14N2O2/c1-12-18(16-7-2-3-8-17(16)21-12)19(23)14(11-20)9-13-5-4-6-15(22)10-13/h2-10,21-22H,1H3. The van der Waals surface area contributed by atoms with E-state index in [4.69, 9.17) is 0 Å². The van der Waals surface area contributed by atoms with Crippen molar-refractivity contribution in [2.75, 3.05) is 0 Å². The van der Waals surface area contributed by atoms with E-state index in [-0.39, 0.29) is 17.1 Å². The molecule has 0 aliphatic carbocycles. The summed E-state index contributed by atoms with van der Waals surface area (Å²) in [6.07, 6.45) is 1.49. The third-order valence-electron chi connectivity index (χ3n) is 3.67. The zero-order valence-corrected chi connectivity index (χ0v) is 12.5. The normalized spacial score (nSPS) is 11.4. The molecule has 0 atom stereocenters. The summed E-state index contributed by atoms with van der Waals surface area (Å²) in [7, 11) is 0. The molecule has 112 valence electrons. The van der Waals surface area contributed by atoms with Crippen molar-refractivity contribution in [3.63, 3.8) is 0 Å². The van der Waals surface area contributed by atoms with Crippen LogP contribution in [0.2, 0.25) is 0 Å². The summed E-state index contributed by atoms with van der Waals surface area (Å²) in [5.41, 5.74) is 2.74. The zero-order valence-electron chi connectivity index (χ0n) is 12.5. The van der Waals surface area contributed by atoms with Crippen LogP contribution in [0.25, 0.3) is 17.0 Å². The van der Waals surface area contributed by atoms with Gasteiger partial charge in [-0.3, -0.25) is 4.79 Å². The Hall–Kier alpha value is -3.32. The van der Waals surface area contributed by atoms with Crippen molar-refractivity contribution in [2.45, 2.75) is 6.92 Å². The molecular weight excluding hydrogens is 288 g/mol. The summed E-state index contributed by atoms with van der Waals surface area (Å²) in [6.45, 7) is 1.82. The number of benzene rings is 2. The molecule has 2 aromatic carbocycles. The Morgan fingerprint density at radius 2 is 2.00 bits per heavy atom. The molecule has 0 aliphatic heterocycles. The number of rotatable bonds is 3. The molecular formula is C19H14N2O2. The summed E-state index contributed by atoms with van der Waals surface area (Å²) < 4.78 is 0. The molecule has 0 bridgehead atoms. The van der Waals surface area contributed by atoms with Gasteiger partial charge in [0, 0.05) is 16.6 Å². The number of nitrogens with zero attached hydrogens (tertiary/aromatic N) is 1. The summed E-state index contributed by atoms with van der Waals surface area (Å²) >= 11 is 0. The number of nitrogens with one attached hydrogen (secondary N) is 1. The fourth-order valence-electron chi connectivity index (χ4n) is 2.63. The Bertz CT molecular complexity index is 974. The van der Waals surface area contributed by atoms with Crippen molar-refractivity contribution < 1.29 is 9.90 Å². The summed E-state index contributed by atoms with van der Waals surface area (Å²) in [4.78, 5) is 16.0. The molecule has 0 fully saturated rings. The summed E-state index contributed by atoms with van der Waals surface area (Å²) in [5, 5.41) is 19.7. The molecule has 0 saturated heterocycles. The number of carbonyl (C=O) groups is 1. The lowest BCUT2D eigenvalue weighted by Gasteiger charge is -2.01. The lowest BCUT2D eigenvalue weighted by atomic mass is 9.99. The largest absolute Gasteiger partial charge is 0.508 e. The van der Waals surface area contributed by atoms with Crippen LogP contribution in [0.4, 0.5) is 0 Å². The number of para-hydroxylation sites is 1. The molecule has 0 radical (unpaired) electrons. The quantitative estimate of drug-likeness (QED) is 0.436. The first-order valence-electron chi connectivity index (χ1n) is 7.13. The van der Waals surface area contributed by atoms with E-state index in [1.54, 1.807) is 12.1 Å². The van der Waals surface area contributed by atoms with E-state index in [1.807, 2.05) is 37.3 Å². The lowest BCUT2D eigenvalue weighted by molar-refractivity contribution is 0.104. The fraction of sp³-hybridized carbons (Fsp3) is 0.0526. The monoisotopic (exact) mass is 302 g/mol. The van der Waals surface area contributed by atoms with E-state index in [0.717, 1.165) is 16.6 Å². The number of carbonyl (C=O) groups excluding carboxylic acids is 1. The molecule has 0 saturated carbocycles. The van der Waals surface area contributed by atoms with E-state index >= 15 is 0 Å². The first kappa shape index (κ1) is 14.6. The van der Waals surface area contributed by atoms with Crippen LogP contribution >= 0.6 is 0 Å². The van der Waals surface area contributed by atoms with Gasteiger partial charge in [0.05, 0.1) is 5.56 Å². The Kier molecular flexibility index (Phi) is 3.70. The zero-order chi connectivity index (χ0) is 16.4. The molecule has 3 rings (SSSR count). The number of phenolic OH excluding ortho intramolecular Hbond substituents is 1. The molecule has 2 N–H and O–H groups in total. The number of phenols is 1. The Balaban J connectivity index is 2.10. The molecule has 3 aromatic rings.